The molecule has 0 heterocycles. The van der Waals surface area contributed by atoms with Gasteiger partial charge in [0, 0.05) is 16.6 Å². The van der Waals surface area contributed by atoms with Gasteiger partial charge >= 0.3 is 0 Å². The number of thioether (sulfide) groups is 1. The lowest BCUT2D eigenvalue weighted by molar-refractivity contribution is -0.111. The molecule has 0 amide bonds. The summed E-state index contributed by atoms with van der Waals surface area (Å²) in [7, 11) is 0. The van der Waals surface area contributed by atoms with E-state index in [1.807, 2.05) is 31.2 Å². The monoisotopic (exact) mass is 220 g/mol. The third-order valence-electron chi connectivity index (χ3n) is 2.41. The number of carbonyl (C=O) groups excluding carboxylic acids is 1. The van der Waals surface area contributed by atoms with Crippen molar-refractivity contribution >= 4 is 18.0 Å². The molecule has 2 atom stereocenters. The van der Waals surface area contributed by atoms with Gasteiger partial charge in [-0.05, 0) is 18.1 Å². The molecule has 1 rings (SSSR count). The molecule has 1 nitrogen and oxygen atoms in total. The van der Waals surface area contributed by atoms with Crippen LogP contribution in [-0.4, -0.2) is 12.0 Å². The first kappa shape index (κ1) is 12.1. The lowest BCUT2D eigenvalue weighted by Gasteiger charge is -2.14. The minimum Gasteiger partial charge on any atom is -0.303 e. The van der Waals surface area contributed by atoms with Crippen LogP contribution in [-0.2, 0) is 4.79 Å². The zero-order chi connectivity index (χ0) is 11.1. The predicted octanol–water partition coefficient (Wildman–Crippen LogP) is 3.42. The molecule has 0 saturated heterocycles. The van der Waals surface area contributed by atoms with Gasteiger partial charge in [0.15, 0.2) is 0 Å². The van der Waals surface area contributed by atoms with Crippen LogP contribution in [0.3, 0.4) is 0 Å². The maximum Gasteiger partial charge on any atom is 0.124 e. The van der Waals surface area contributed by atoms with Gasteiger partial charge in [0.2, 0.25) is 0 Å². The maximum absolute atomic E-state index is 10.9. The molecule has 0 bridgehead atoms. The van der Waals surface area contributed by atoms with E-state index in [1.165, 1.54) is 4.90 Å². The van der Waals surface area contributed by atoms with Gasteiger partial charge in [-0.3, -0.25) is 0 Å². The number of hydrogen-bond acceptors (Lipinski definition) is 2. The van der Waals surface area contributed by atoms with Gasteiger partial charge in [0.25, 0.3) is 0 Å². The Balaban J connectivity index is 2.48. The second-order valence-electron chi connectivity index (χ2n) is 3.52. The fourth-order valence-corrected chi connectivity index (χ4v) is 2.32. The van der Waals surface area contributed by atoms with E-state index in [4.69, 9.17) is 0 Å². The molecule has 1 aromatic carbocycles. The standard InChI is InChI=1S/C13H16OS/c1-3-11(2)12(9-14)10-15-13-7-5-4-6-8-13/h3-9,11-12H,1,10H2,2H3. The van der Waals surface area contributed by atoms with Gasteiger partial charge in [-0.2, -0.15) is 0 Å². The SMILES string of the molecule is C=CC(C)C(C=O)CSc1ccccc1. The molecule has 0 aromatic heterocycles. The number of rotatable bonds is 6. The Morgan fingerprint density at radius 2 is 2.07 bits per heavy atom. The maximum atomic E-state index is 10.9. The predicted molar refractivity (Wildman–Crippen MR) is 66.1 cm³/mol. The lowest BCUT2D eigenvalue weighted by Crippen LogP contribution is -2.13. The van der Waals surface area contributed by atoms with Crippen molar-refractivity contribution in [2.24, 2.45) is 11.8 Å². The molecule has 2 heteroatoms. The number of allylic oxidation sites excluding steroid dienone is 1. The van der Waals surface area contributed by atoms with Crippen LogP contribution in [0, 0.1) is 11.8 Å². The smallest absolute Gasteiger partial charge is 0.124 e. The van der Waals surface area contributed by atoms with Crippen LogP contribution in [0.5, 0.6) is 0 Å². The topological polar surface area (TPSA) is 17.1 Å². The number of benzene rings is 1. The largest absolute Gasteiger partial charge is 0.303 e. The van der Waals surface area contributed by atoms with Crippen LogP contribution in [0.1, 0.15) is 6.92 Å². The van der Waals surface area contributed by atoms with Crippen LogP contribution < -0.4 is 0 Å². The molecule has 0 N–H and O–H groups in total. The van der Waals surface area contributed by atoms with E-state index in [1.54, 1.807) is 11.8 Å². The van der Waals surface area contributed by atoms with E-state index in [2.05, 4.69) is 18.7 Å². The molecule has 0 spiro atoms. The second kappa shape index (κ2) is 6.46. The Bertz CT molecular complexity index is 308. The summed E-state index contributed by atoms with van der Waals surface area (Å²) < 4.78 is 0. The molecule has 2 unspecified atom stereocenters. The quantitative estimate of drug-likeness (QED) is 0.415. The van der Waals surface area contributed by atoms with Gasteiger partial charge in [-0.15, -0.1) is 18.3 Å². The highest BCUT2D eigenvalue weighted by molar-refractivity contribution is 7.99. The Morgan fingerprint density at radius 3 is 2.60 bits per heavy atom. The first-order valence-electron chi connectivity index (χ1n) is 5.03. The van der Waals surface area contributed by atoms with Crippen LogP contribution >= 0.6 is 11.8 Å². The average molecular weight is 220 g/mol. The number of hydrogen-bond donors (Lipinski definition) is 0. The summed E-state index contributed by atoms with van der Waals surface area (Å²) in [4.78, 5) is 12.1. The number of aldehydes is 1. The molecule has 15 heavy (non-hydrogen) atoms. The summed E-state index contributed by atoms with van der Waals surface area (Å²) in [6.45, 7) is 5.74. The first-order valence-corrected chi connectivity index (χ1v) is 6.02. The Hall–Kier alpha value is -1.02. The average Bonchev–Trinajstić information content (AvgIpc) is 2.31. The van der Waals surface area contributed by atoms with Crippen LogP contribution in [0.15, 0.2) is 47.9 Å². The van der Waals surface area contributed by atoms with Crippen molar-refractivity contribution in [3.63, 3.8) is 0 Å². The van der Waals surface area contributed by atoms with Crippen LogP contribution in [0.2, 0.25) is 0 Å². The van der Waals surface area contributed by atoms with E-state index in [0.717, 1.165) is 12.0 Å². The summed E-state index contributed by atoms with van der Waals surface area (Å²) in [5, 5.41) is 0. The van der Waals surface area contributed by atoms with Crippen molar-refractivity contribution < 1.29 is 4.79 Å². The van der Waals surface area contributed by atoms with Crippen LogP contribution in [0.4, 0.5) is 0 Å². The molecular formula is C13H16OS. The van der Waals surface area contributed by atoms with Crippen molar-refractivity contribution in [1.29, 1.82) is 0 Å². The van der Waals surface area contributed by atoms with Gasteiger partial charge in [0.05, 0.1) is 0 Å². The molecule has 0 aliphatic carbocycles. The minimum absolute atomic E-state index is 0.0627. The molecule has 0 aliphatic rings. The molecule has 80 valence electrons. The van der Waals surface area contributed by atoms with Gasteiger partial charge in [-0.1, -0.05) is 31.2 Å². The van der Waals surface area contributed by atoms with Crippen LogP contribution in [0.25, 0.3) is 0 Å². The highest BCUT2D eigenvalue weighted by Gasteiger charge is 2.13. The fraction of sp³-hybridized carbons (Fsp3) is 0.308. The van der Waals surface area contributed by atoms with E-state index >= 15 is 0 Å². The summed E-state index contributed by atoms with van der Waals surface area (Å²) >= 11 is 1.72. The fourth-order valence-electron chi connectivity index (χ4n) is 1.20. The highest BCUT2D eigenvalue weighted by Crippen LogP contribution is 2.23. The summed E-state index contributed by atoms with van der Waals surface area (Å²) in [5.74, 6) is 1.13. The second-order valence-corrected chi connectivity index (χ2v) is 4.61. The van der Waals surface area contributed by atoms with Crippen molar-refractivity contribution in [2.45, 2.75) is 11.8 Å². The molecule has 0 saturated carbocycles. The minimum atomic E-state index is 0.0627. The summed E-state index contributed by atoms with van der Waals surface area (Å²) in [5.41, 5.74) is 0. The highest BCUT2D eigenvalue weighted by atomic mass is 32.2. The van der Waals surface area contributed by atoms with Gasteiger partial charge < -0.3 is 4.79 Å². The van der Waals surface area contributed by atoms with Gasteiger partial charge in [0.1, 0.15) is 6.29 Å². The Morgan fingerprint density at radius 1 is 1.40 bits per heavy atom. The van der Waals surface area contributed by atoms with E-state index in [0.29, 0.717) is 0 Å². The van der Waals surface area contributed by atoms with Crippen molar-refractivity contribution in [3.8, 4) is 0 Å². The van der Waals surface area contributed by atoms with Crippen molar-refractivity contribution in [2.75, 3.05) is 5.75 Å². The zero-order valence-corrected chi connectivity index (χ0v) is 9.74. The Kier molecular flexibility index (Phi) is 5.19. The third kappa shape index (κ3) is 3.92. The molecule has 0 aliphatic heterocycles. The van der Waals surface area contributed by atoms with Gasteiger partial charge in [-0.25, -0.2) is 0 Å². The molecule has 0 fully saturated rings. The Labute approximate surface area is 95.6 Å². The van der Waals surface area contributed by atoms with E-state index < -0.39 is 0 Å². The molecule has 1 aromatic rings. The normalized spacial score (nSPS) is 14.2. The third-order valence-corrected chi connectivity index (χ3v) is 3.56. The summed E-state index contributed by atoms with van der Waals surface area (Å²) in [6.07, 6.45) is 2.87. The lowest BCUT2D eigenvalue weighted by atomic mass is 9.98. The van der Waals surface area contributed by atoms with E-state index in [-0.39, 0.29) is 11.8 Å². The molecular weight excluding hydrogens is 204 g/mol. The van der Waals surface area contributed by atoms with Crippen molar-refractivity contribution in [3.05, 3.63) is 43.0 Å². The van der Waals surface area contributed by atoms with E-state index in [9.17, 15) is 4.79 Å². The molecule has 0 radical (unpaired) electrons. The summed E-state index contributed by atoms with van der Waals surface area (Å²) in [6, 6.07) is 10.1. The number of carbonyl (C=O) groups is 1. The first-order chi connectivity index (χ1) is 7.27. The van der Waals surface area contributed by atoms with Crippen molar-refractivity contribution in [1.82, 2.24) is 0 Å². The zero-order valence-electron chi connectivity index (χ0n) is 8.93.